The smallest absolute Gasteiger partial charge is 0.462 e. The van der Waals surface area contributed by atoms with Crippen molar-refractivity contribution in [3.8, 4) is 0 Å². The fraction of sp³-hybridized carbons (Fsp3) is 0.786. The zero-order chi connectivity index (χ0) is 17.2. The van der Waals surface area contributed by atoms with Crippen LogP contribution < -0.4 is 0 Å². The highest BCUT2D eigenvalue weighted by Crippen LogP contribution is 2.43. The molecular weight excluding hydrogens is 309 g/mol. The molecule has 0 spiro atoms. The summed E-state index contributed by atoms with van der Waals surface area (Å²) in [5.74, 6) is -0.436. The molecule has 22 heavy (non-hydrogen) atoms. The first-order valence-corrected chi connectivity index (χ1v) is 8.78. The van der Waals surface area contributed by atoms with Gasteiger partial charge >= 0.3 is 13.8 Å². The third kappa shape index (κ3) is 13.0. The molecule has 1 unspecified atom stereocenters. The summed E-state index contributed by atoms with van der Waals surface area (Å²) >= 11 is 0. The number of nitrogens with zero attached hydrogens (tertiary/aromatic N) is 1. The molecule has 0 aromatic rings. The van der Waals surface area contributed by atoms with E-state index in [2.05, 4.69) is 6.58 Å². The standard InChI is InChI=1S/C14H28NO6P/c1-13(2)14(16)19-10-6-7-11-20-22(17,18)21-12-8-9-15(3,4)5/h1,6-12H2,2-5H3/p+1. The molecule has 0 rings (SSSR count). The van der Waals surface area contributed by atoms with Gasteiger partial charge in [0.05, 0.1) is 47.5 Å². The van der Waals surface area contributed by atoms with Crippen LogP contribution in [0, 0.1) is 0 Å². The summed E-state index contributed by atoms with van der Waals surface area (Å²) in [4.78, 5) is 20.6. The van der Waals surface area contributed by atoms with E-state index in [0.29, 0.717) is 24.8 Å². The molecule has 0 bridgehead atoms. The summed E-state index contributed by atoms with van der Waals surface area (Å²) in [6.07, 6.45) is 1.71. The lowest BCUT2D eigenvalue weighted by Crippen LogP contribution is -2.35. The Bertz CT molecular complexity index is 405. The topological polar surface area (TPSA) is 82.1 Å². The molecule has 7 nitrogen and oxygen atoms in total. The molecule has 0 saturated carbocycles. The van der Waals surface area contributed by atoms with Gasteiger partial charge in [0.15, 0.2) is 0 Å². The van der Waals surface area contributed by atoms with Crippen LogP contribution in [0.15, 0.2) is 12.2 Å². The highest BCUT2D eigenvalue weighted by molar-refractivity contribution is 7.47. The Kier molecular flexibility index (Phi) is 9.80. The maximum Gasteiger partial charge on any atom is 0.472 e. The molecule has 0 amide bonds. The number of rotatable bonds is 12. The largest absolute Gasteiger partial charge is 0.472 e. The predicted molar refractivity (Wildman–Crippen MR) is 84.3 cm³/mol. The number of phosphoric ester groups is 1. The van der Waals surface area contributed by atoms with Crippen molar-refractivity contribution in [3.63, 3.8) is 0 Å². The number of quaternary nitrogens is 1. The molecule has 0 radical (unpaired) electrons. The molecule has 0 aromatic heterocycles. The van der Waals surface area contributed by atoms with Crippen molar-refractivity contribution >= 4 is 13.8 Å². The minimum absolute atomic E-state index is 0.0771. The zero-order valence-corrected chi connectivity index (χ0v) is 14.9. The molecule has 8 heteroatoms. The van der Waals surface area contributed by atoms with E-state index in [9.17, 15) is 14.3 Å². The fourth-order valence-corrected chi connectivity index (χ4v) is 2.22. The molecular formula is C14H29NO6P+. The number of carbonyl (C=O) groups is 1. The van der Waals surface area contributed by atoms with Gasteiger partial charge in [0.1, 0.15) is 0 Å². The van der Waals surface area contributed by atoms with Crippen LogP contribution in [-0.4, -0.2) is 62.9 Å². The first-order chi connectivity index (χ1) is 10.0. The Labute approximate surface area is 133 Å². The molecule has 0 saturated heterocycles. The lowest BCUT2D eigenvalue weighted by molar-refractivity contribution is -0.870. The average molecular weight is 338 g/mol. The van der Waals surface area contributed by atoms with Crippen LogP contribution in [-0.2, 0) is 23.1 Å². The lowest BCUT2D eigenvalue weighted by atomic mass is 10.3. The van der Waals surface area contributed by atoms with Crippen LogP contribution in [0.1, 0.15) is 26.2 Å². The Morgan fingerprint density at radius 3 is 2.09 bits per heavy atom. The third-order valence-electron chi connectivity index (χ3n) is 2.60. The molecule has 0 aliphatic carbocycles. The van der Waals surface area contributed by atoms with Crippen LogP contribution in [0.25, 0.3) is 0 Å². The number of esters is 1. The van der Waals surface area contributed by atoms with Crippen molar-refractivity contribution in [2.45, 2.75) is 26.2 Å². The van der Waals surface area contributed by atoms with Gasteiger partial charge in [0.2, 0.25) is 0 Å². The van der Waals surface area contributed by atoms with Crippen LogP contribution in [0.4, 0.5) is 0 Å². The Morgan fingerprint density at radius 2 is 1.59 bits per heavy atom. The number of hydrogen-bond donors (Lipinski definition) is 1. The quantitative estimate of drug-likeness (QED) is 0.193. The van der Waals surface area contributed by atoms with Gasteiger partial charge in [-0.15, -0.1) is 0 Å². The van der Waals surface area contributed by atoms with E-state index < -0.39 is 13.8 Å². The lowest BCUT2D eigenvalue weighted by Gasteiger charge is -2.23. The highest BCUT2D eigenvalue weighted by atomic mass is 31.2. The maximum atomic E-state index is 11.6. The van der Waals surface area contributed by atoms with E-state index in [1.807, 2.05) is 21.1 Å². The minimum Gasteiger partial charge on any atom is -0.462 e. The van der Waals surface area contributed by atoms with Gasteiger partial charge in [-0.25, -0.2) is 9.36 Å². The van der Waals surface area contributed by atoms with Crippen molar-refractivity contribution < 1.29 is 32.5 Å². The normalized spacial score (nSPS) is 14.4. The van der Waals surface area contributed by atoms with Gasteiger partial charge in [0.25, 0.3) is 0 Å². The van der Waals surface area contributed by atoms with Gasteiger partial charge in [-0.1, -0.05) is 6.58 Å². The van der Waals surface area contributed by atoms with Gasteiger partial charge in [-0.2, -0.15) is 0 Å². The summed E-state index contributed by atoms with van der Waals surface area (Å²) in [7, 11) is 2.13. The molecule has 0 fully saturated rings. The maximum absolute atomic E-state index is 11.6. The first kappa shape index (κ1) is 21.3. The SMILES string of the molecule is C=C(C)C(=O)OCCCCOP(=O)(O)OCCC[N+](C)(C)C. The van der Waals surface area contributed by atoms with Gasteiger partial charge in [0, 0.05) is 12.0 Å². The number of ether oxygens (including phenoxy) is 1. The van der Waals surface area contributed by atoms with Crippen LogP contribution in [0.3, 0.4) is 0 Å². The molecule has 0 aromatic carbocycles. The summed E-state index contributed by atoms with van der Waals surface area (Å²) in [6, 6.07) is 0. The van der Waals surface area contributed by atoms with Crippen molar-refractivity contribution in [1.82, 2.24) is 0 Å². The monoisotopic (exact) mass is 338 g/mol. The van der Waals surface area contributed by atoms with E-state index in [-0.39, 0.29) is 19.8 Å². The Hall–Kier alpha value is -0.720. The molecule has 0 aliphatic heterocycles. The number of phosphoric acid groups is 1. The van der Waals surface area contributed by atoms with Crippen LogP contribution in [0.2, 0.25) is 0 Å². The molecule has 1 atom stereocenters. The van der Waals surface area contributed by atoms with Gasteiger partial charge in [-0.3, -0.25) is 9.05 Å². The second-order valence-electron chi connectivity index (χ2n) is 6.13. The van der Waals surface area contributed by atoms with Crippen LogP contribution >= 0.6 is 7.82 Å². The molecule has 1 N–H and O–H groups in total. The van der Waals surface area contributed by atoms with Gasteiger partial charge in [-0.05, 0) is 19.8 Å². The van der Waals surface area contributed by atoms with E-state index in [1.54, 1.807) is 6.92 Å². The molecule has 0 heterocycles. The fourth-order valence-electron chi connectivity index (χ4n) is 1.43. The number of hydrogen-bond acceptors (Lipinski definition) is 5. The molecule has 0 aliphatic rings. The number of unbranched alkanes of at least 4 members (excludes halogenated alkanes) is 1. The first-order valence-electron chi connectivity index (χ1n) is 7.28. The van der Waals surface area contributed by atoms with Gasteiger partial charge < -0.3 is 14.1 Å². The average Bonchev–Trinajstić information content (AvgIpc) is 2.37. The van der Waals surface area contributed by atoms with Crippen molar-refractivity contribution in [3.05, 3.63) is 12.2 Å². The van der Waals surface area contributed by atoms with E-state index in [4.69, 9.17) is 13.8 Å². The predicted octanol–water partition coefficient (Wildman–Crippen LogP) is 2.12. The summed E-state index contributed by atoms with van der Waals surface area (Å²) in [6.45, 7) is 6.37. The summed E-state index contributed by atoms with van der Waals surface area (Å²) in [5, 5.41) is 0. The van der Waals surface area contributed by atoms with Crippen molar-refractivity contribution in [2.75, 3.05) is 47.5 Å². The van der Waals surface area contributed by atoms with Crippen LogP contribution in [0.5, 0.6) is 0 Å². The Balaban J connectivity index is 3.66. The Morgan fingerprint density at radius 1 is 1.09 bits per heavy atom. The highest BCUT2D eigenvalue weighted by Gasteiger charge is 2.20. The second kappa shape index (κ2) is 10.1. The second-order valence-corrected chi connectivity index (χ2v) is 7.58. The molecule has 130 valence electrons. The number of carbonyl (C=O) groups excluding carboxylic acids is 1. The van der Waals surface area contributed by atoms with Crippen molar-refractivity contribution in [2.24, 2.45) is 0 Å². The third-order valence-corrected chi connectivity index (χ3v) is 3.62. The summed E-state index contributed by atoms with van der Waals surface area (Å²) < 4.78 is 27.0. The van der Waals surface area contributed by atoms with E-state index >= 15 is 0 Å². The summed E-state index contributed by atoms with van der Waals surface area (Å²) in [5.41, 5.74) is 0.346. The minimum atomic E-state index is -3.99. The zero-order valence-electron chi connectivity index (χ0n) is 14.0. The van der Waals surface area contributed by atoms with E-state index in [0.717, 1.165) is 11.0 Å². The van der Waals surface area contributed by atoms with E-state index in [1.165, 1.54) is 0 Å². The van der Waals surface area contributed by atoms with Crippen molar-refractivity contribution in [1.29, 1.82) is 0 Å².